The SMILES string of the molecule is CCCCCC/C=C\C=C/CCCCCCCC(=O)O[C@H](COC(=O)CCCCCCCCCCCCCCC(C)C)COP(=O)(O)OC[C@@H](O)COP(=O)(O)OC[C@@H](COC(=O)CCCCCCCCCCCC(C)C)OC(=O)CCCCCCCCCCCCC(C)CC. The zero-order chi connectivity index (χ0) is 70.9. The van der Waals surface area contributed by atoms with E-state index in [4.69, 9.17) is 37.0 Å². The quantitative estimate of drug-likeness (QED) is 0.0169. The minimum atomic E-state index is -4.97. The first kappa shape index (κ1) is 93.5. The third kappa shape index (κ3) is 68.7. The average molecular weight is 1410 g/mol. The van der Waals surface area contributed by atoms with E-state index in [0.29, 0.717) is 25.7 Å². The molecule has 0 bridgehead atoms. The summed E-state index contributed by atoms with van der Waals surface area (Å²) in [4.78, 5) is 72.9. The molecule has 0 saturated carbocycles. The van der Waals surface area contributed by atoms with Gasteiger partial charge in [0.2, 0.25) is 0 Å². The van der Waals surface area contributed by atoms with Crippen molar-refractivity contribution in [2.75, 3.05) is 39.6 Å². The summed E-state index contributed by atoms with van der Waals surface area (Å²) in [6.07, 6.45) is 56.1. The lowest BCUT2D eigenvalue weighted by Gasteiger charge is -2.21. The van der Waals surface area contributed by atoms with Crippen LogP contribution in [0.1, 0.15) is 370 Å². The van der Waals surface area contributed by atoms with Crippen molar-refractivity contribution in [2.45, 2.75) is 388 Å². The fourth-order valence-electron chi connectivity index (χ4n) is 11.2. The maximum atomic E-state index is 13.1. The number of carbonyl (C=O) groups is 4. The molecule has 3 unspecified atom stereocenters. The Hall–Kier alpha value is -2.46. The number of hydrogen-bond acceptors (Lipinski definition) is 15. The Morgan fingerprint density at radius 2 is 0.615 bits per heavy atom. The standard InChI is InChI=1S/C77H146O17P2/c1-8-10-11-12-13-14-15-16-17-18-23-31-39-46-53-60-76(81)93-72(64-87-74(79)58-51-44-37-30-22-20-19-21-27-34-41-48-55-68(3)4)66-91-95(83,84)89-62-71(78)63-90-96(85,86)92-67-73(65-88-75(80)59-52-45-38-33-26-28-35-42-49-56-69(5)6)94-77(82)61-54-47-40-32-25-24-29-36-43-50-57-70(7)9-2/h14-17,68-73,78H,8-13,18-67H2,1-7H3,(H,83,84)(H,85,86)/b15-14-,17-16-/t70?,71-,72-,73-/m1/s1. The molecule has 0 fully saturated rings. The predicted octanol–water partition coefficient (Wildman–Crippen LogP) is 22.1. The van der Waals surface area contributed by atoms with E-state index in [9.17, 15) is 43.2 Å². The van der Waals surface area contributed by atoms with Gasteiger partial charge in [-0.3, -0.25) is 37.3 Å². The number of rotatable bonds is 73. The van der Waals surface area contributed by atoms with Crippen molar-refractivity contribution >= 4 is 39.5 Å². The number of aliphatic hydroxyl groups excluding tert-OH is 1. The molecule has 19 heteroatoms. The van der Waals surface area contributed by atoms with Crippen LogP contribution in [0.2, 0.25) is 0 Å². The van der Waals surface area contributed by atoms with Crippen LogP contribution in [0.15, 0.2) is 24.3 Å². The van der Waals surface area contributed by atoms with Crippen molar-refractivity contribution < 1.29 is 80.2 Å². The third-order valence-electron chi connectivity index (χ3n) is 17.6. The molecule has 0 spiro atoms. The van der Waals surface area contributed by atoms with Crippen molar-refractivity contribution in [1.82, 2.24) is 0 Å². The number of esters is 4. The number of phosphoric ester groups is 2. The van der Waals surface area contributed by atoms with Gasteiger partial charge in [-0.25, -0.2) is 9.13 Å². The monoisotopic (exact) mass is 1410 g/mol. The maximum Gasteiger partial charge on any atom is 0.472 e. The van der Waals surface area contributed by atoms with Gasteiger partial charge in [-0.05, 0) is 69.1 Å². The van der Waals surface area contributed by atoms with Gasteiger partial charge in [-0.1, -0.05) is 317 Å². The normalized spacial score (nSPS) is 14.5. The first-order valence-corrected chi connectivity index (χ1v) is 42.2. The molecule has 0 aliphatic heterocycles. The minimum Gasteiger partial charge on any atom is -0.462 e. The molecule has 0 aliphatic carbocycles. The molecule has 0 aliphatic rings. The Morgan fingerprint density at radius 3 is 0.927 bits per heavy atom. The van der Waals surface area contributed by atoms with Crippen LogP contribution in [0.3, 0.4) is 0 Å². The van der Waals surface area contributed by atoms with Crippen LogP contribution in [-0.2, 0) is 65.4 Å². The largest absolute Gasteiger partial charge is 0.472 e. The molecule has 0 saturated heterocycles. The van der Waals surface area contributed by atoms with Crippen LogP contribution >= 0.6 is 15.6 Å². The van der Waals surface area contributed by atoms with Crippen LogP contribution in [0.25, 0.3) is 0 Å². The van der Waals surface area contributed by atoms with E-state index in [1.165, 1.54) is 167 Å². The van der Waals surface area contributed by atoms with Crippen LogP contribution < -0.4 is 0 Å². The summed E-state index contributed by atoms with van der Waals surface area (Å²) in [5.74, 6) is 0.177. The number of allylic oxidation sites excluding steroid dienone is 4. The first-order valence-electron chi connectivity index (χ1n) is 39.2. The molecule has 0 rings (SSSR count). The van der Waals surface area contributed by atoms with Gasteiger partial charge in [0.15, 0.2) is 12.2 Å². The van der Waals surface area contributed by atoms with E-state index in [-0.39, 0.29) is 25.7 Å². The van der Waals surface area contributed by atoms with E-state index >= 15 is 0 Å². The molecule has 0 aromatic heterocycles. The number of unbranched alkanes of at least 4 members (excludes halogenated alkanes) is 37. The van der Waals surface area contributed by atoms with Crippen LogP contribution in [0, 0.1) is 17.8 Å². The van der Waals surface area contributed by atoms with E-state index < -0.39 is 97.5 Å². The molecule has 0 radical (unpaired) electrons. The van der Waals surface area contributed by atoms with Gasteiger partial charge < -0.3 is 33.8 Å². The molecule has 0 amide bonds. The van der Waals surface area contributed by atoms with Crippen LogP contribution in [0.4, 0.5) is 0 Å². The van der Waals surface area contributed by atoms with Gasteiger partial charge in [-0.15, -0.1) is 0 Å². The summed E-state index contributed by atoms with van der Waals surface area (Å²) in [6.45, 7) is 11.9. The summed E-state index contributed by atoms with van der Waals surface area (Å²) in [6, 6.07) is 0. The molecule has 17 nitrogen and oxygen atoms in total. The second kappa shape index (κ2) is 67.1. The summed E-state index contributed by atoms with van der Waals surface area (Å²) in [5.41, 5.74) is 0. The van der Waals surface area contributed by atoms with Crippen LogP contribution in [0.5, 0.6) is 0 Å². The van der Waals surface area contributed by atoms with E-state index in [1.54, 1.807) is 0 Å². The van der Waals surface area contributed by atoms with Crippen molar-refractivity contribution in [3.63, 3.8) is 0 Å². The molecule has 566 valence electrons. The number of hydrogen-bond donors (Lipinski definition) is 3. The van der Waals surface area contributed by atoms with E-state index in [1.807, 2.05) is 0 Å². The Kier molecular flexibility index (Phi) is 65.3. The molecule has 0 aromatic rings. The lowest BCUT2D eigenvalue weighted by Crippen LogP contribution is -2.30. The number of aliphatic hydroxyl groups is 1. The van der Waals surface area contributed by atoms with E-state index in [0.717, 1.165) is 120 Å². The summed E-state index contributed by atoms with van der Waals surface area (Å²) in [5, 5.41) is 10.6. The summed E-state index contributed by atoms with van der Waals surface area (Å²) >= 11 is 0. The second-order valence-corrected chi connectivity index (χ2v) is 31.2. The van der Waals surface area contributed by atoms with Gasteiger partial charge in [0.05, 0.1) is 26.4 Å². The number of carbonyl (C=O) groups excluding carboxylic acids is 4. The molecule has 3 N–H and O–H groups in total. The fraction of sp³-hybridized carbons (Fsp3) is 0.896. The molecular formula is C77H146O17P2. The smallest absolute Gasteiger partial charge is 0.462 e. The minimum absolute atomic E-state index is 0.0847. The summed E-state index contributed by atoms with van der Waals surface area (Å²) in [7, 11) is -9.93. The zero-order valence-electron chi connectivity index (χ0n) is 62.3. The Balaban J connectivity index is 5.31. The number of ether oxygens (including phenoxy) is 4. The second-order valence-electron chi connectivity index (χ2n) is 28.3. The highest BCUT2D eigenvalue weighted by molar-refractivity contribution is 7.47. The van der Waals surface area contributed by atoms with Crippen molar-refractivity contribution in [3.8, 4) is 0 Å². The zero-order valence-corrected chi connectivity index (χ0v) is 64.1. The van der Waals surface area contributed by atoms with Gasteiger partial charge in [0.25, 0.3) is 0 Å². The highest BCUT2D eigenvalue weighted by atomic mass is 31.2. The van der Waals surface area contributed by atoms with Crippen LogP contribution in [-0.4, -0.2) is 96.7 Å². The van der Waals surface area contributed by atoms with Crippen molar-refractivity contribution in [3.05, 3.63) is 24.3 Å². The maximum absolute atomic E-state index is 13.1. The summed E-state index contributed by atoms with van der Waals surface area (Å²) < 4.78 is 68.5. The average Bonchev–Trinajstić information content (AvgIpc) is 1.17. The molecular weight excluding hydrogens is 1260 g/mol. The molecule has 6 atom stereocenters. The van der Waals surface area contributed by atoms with Crippen molar-refractivity contribution in [1.29, 1.82) is 0 Å². The molecule has 0 heterocycles. The Morgan fingerprint density at radius 1 is 0.344 bits per heavy atom. The van der Waals surface area contributed by atoms with Crippen molar-refractivity contribution in [2.24, 2.45) is 17.8 Å². The van der Waals surface area contributed by atoms with Gasteiger partial charge in [-0.2, -0.15) is 0 Å². The van der Waals surface area contributed by atoms with E-state index in [2.05, 4.69) is 72.8 Å². The topological polar surface area (TPSA) is 237 Å². The van der Waals surface area contributed by atoms with Gasteiger partial charge in [0.1, 0.15) is 19.3 Å². The molecule has 96 heavy (non-hydrogen) atoms. The van der Waals surface area contributed by atoms with Gasteiger partial charge >= 0.3 is 39.5 Å². The first-order chi connectivity index (χ1) is 46.3. The Labute approximate surface area is 586 Å². The lowest BCUT2D eigenvalue weighted by atomic mass is 9.99. The lowest BCUT2D eigenvalue weighted by molar-refractivity contribution is -0.161. The fourth-order valence-corrected chi connectivity index (χ4v) is 12.8. The number of phosphoric acid groups is 2. The van der Waals surface area contributed by atoms with Gasteiger partial charge in [0, 0.05) is 25.7 Å². The third-order valence-corrected chi connectivity index (χ3v) is 19.5. The predicted molar refractivity (Wildman–Crippen MR) is 390 cm³/mol. The Bertz CT molecular complexity index is 1970. The molecule has 0 aromatic carbocycles. The highest BCUT2D eigenvalue weighted by Crippen LogP contribution is 2.45. The highest BCUT2D eigenvalue weighted by Gasteiger charge is 2.30.